The fraction of sp³-hybridized carbons (Fsp3) is 0.250. The van der Waals surface area contributed by atoms with Gasteiger partial charge in [-0.15, -0.1) is 0 Å². The van der Waals surface area contributed by atoms with Crippen molar-refractivity contribution in [2.24, 2.45) is 7.05 Å². The second kappa shape index (κ2) is 6.93. The van der Waals surface area contributed by atoms with Gasteiger partial charge in [-0.05, 0) is 25.1 Å². The molecule has 2 unspecified atom stereocenters. The first-order chi connectivity index (χ1) is 10.8. The molecule has 1 aromatic carbocycles. The van der Waals surface area contributed by atoms with Crippen LogP contribution in [0.3, 0.4) is 0 Å². The van der Waals surface area contributed by atoms with Crippen molar-refractivity contribution in [3.8, 4) is 0 Å². The van der Waals surface area contributed by atoms with Gasteiger partial charge >= 0.3 is 0 Å². The Bertz CT molecular complexity index is 725. The van der Waals surface area contributed by atoms with E-state index in [2.05, 4.69) is 5.32 Å². The number of rotatable bonds is 5. The van der Waals surface area contributed by atoms with Crippen LogP contribution in [0.25, 0.3) is 0 Å². The lowest BCUT2D eigenvalue weighted by molar-refractivity contribution is 0.0838. The molecule has 0 aliphatic carbocycles. The van der Waals surface area contributed by atoms with Crippen LogP contribution in [0.5, 0.6) is 0 Å². The highest BCUT2D eigenvalue weighted by Gasteiger charge is 2.25. The number of nitrogens with one attached hydrogen (secondary N) is 1. The number of amides is 1. The summed E-state index contributed by atoms with van der Waals surface area (Å²) in [4.78, 5) is 23.0. The molecule has 2 N–H and O–H groups in total. The van der Waals surface area contributed by atoms with Gasteiger partial charge in [0.2, 0.25) is 0 Å². The summed E-state index contributed by atoms with van der Waals surface area (Å²) in [7, 11) is 1.62. The highest BCUT2D eigenvalue weighted by atomic mass is 35.5. The number of aliphatic hydroxyl groups excluding tert-OH is 1. The average molecular weight is 339 g/mol. The summed E-state index contributed by atoms with van der Waals surface area (Å²) in [5.74, 6) is -1.13. The molecule has 122 valence electrons. The zero-order valence-corrected chi connectivity index (χ0v) is 13.3. The quantitative estimate of drug-likeness (QED) is 0.823. The zero-order valence-electron chi connectivity index (χ0n) is 12.6. The fourth-order valence-electron chi connectivity index (χ4n) is 2.28. The van der Waals surface area contributed by atoms with Crippen molar-refractivity contribution in [1.82, 2.24) is 9.88 Å². The molecule has 1 amide bonds. The predicted octanol–water partition coefficient (Wildman–Crippen LogP) is 2.48. The van der Waals surface area contributed by atoms with Crippen LogP contribution in [-0.2, 0) is 7.05 Å². The Kier molecular flexibility index (Phi) is 5.18. The second-order valence-corrected chi connectivity index (χ2v) is 5.64. The Morgan fingerprint density at radius 2 is 2.17 bits per heavy atom. The molecule has 1 heterocycles. The van der Waals surface area contributed by atoms with E-state index in [-0.39, 0.29) is 16.3 Å². The molecule has 1 aromatic heterocycles. The number of aldehydes is 1. The summed E-state index contributed by atoms with van der Waals surface area (Å²) in [5, 5.41) is 12.9. The van der Waals surface area contributed by atoms with E-state index in [0.717, 1.165) is 0 Å². The van der Waals surface area contributed by atoms with Gasteiger partial charge in [-0.3, -0.25) is 9.59 Å². The van der Waals surface area contributed by atoms with E-state index in [1.807, 2.05) is 0 Å². The summed E-state index contributed by atoms with van der Waals surface area (Å²) in [5.41, 5.74) is 0.552. The number of carbonyl (C=O) groups is 2. The maximum atomic E-state index is 13.8. The summed E-state index contributed by atoms with van der Waals surface area (Å²) in [6.07, 6.45) is 0.837. The number of hydrogen-bond donors (Lipinski definition) is 2. The van der Waals surface area contributed by atoms with Crippen molar-refractivity contribution in [2.45, 2.75) is 19.1 Å². The van der Waals surface area contributed by atoms with E-state index in [1.165, 1.54) is 42.0 Å². The third-order valence-electron chi connectivity index (χ3n) is 3.52. The Balaban J connectivity index is 2.17. The van der Waals surface area contributed by atoms with E-state index in [0.29, 0.717) is 11.8 Å². The number of nitrogens with zero attached hydrogens (tertiary/aromatic N) is 1. The normalized spacial score (nSPS) is 13.4. The number of halogens is 2. The molecule has 0 fully saturated rings. The number of carbonyl (C=O) groups excluding carboxylic acids is 2. The predicted molar refractivity (Wildman–Crippen MR) is 84.1 cm³/mol. The van der Waals surface area contributed by atoms with Gasteiger partial charge in [0.25, 0.3) is 5.91 Å². The van der Waals surface area contributed by atoms with Crippen molar-refractivity contribution < 1.29 is 19.1 Å². The first kappa shape index (κ1) is 17.2. The third-order valence-corrected chi connectivity index (χ3v) is 3.85. The smallest absolute Gasteiger partial charge is 0.268 e. The number of aliphatic hydroxyl groups is 1. The van der Waals surface area contributed by atoms with Crippen LogP contribution in [-0.4, -0.2) is 27.9 Å². The van der Waals surface area contributed by atoms with E-state index in [1.54, 1.807) is 7.05 Å². The minimum Gasteiger partial charge on any atom is -0.386 e. The van der Waals surface area contributed by atoms with Crippen LogP contribution in [0.2, 0.25) is 5.02 Å². The standard InChI is InChI=1S/C16H16ClFN2O3/c1-9(15(22)14-11(17)4-3-5-12(14)18)19-16(23)13-6-10(8-21)7-20(13)2/h3-9,15,22H,1-2H3,(H,19,23). The molecule has 0 aliphatic heterocycles. The molecule has 0 saturated carbocycles. The number of benzene rings is 1. The molecule has 0 radical (unpaired) electrons. The number of hydrogen-bond acceptors (Lipinski definition) is 3. The van der Waals surface area contributed by atoms with Crippen molar-refractivity contribution in [3.63, 3.8) is 0 Å². The van der Waals surface area contributed by atoms with Gasteiger partial charge in [0, 0.05) is 29.4 Å². The first-order valence-corrected chi connectivity index (χ1v) is 7.27. The van der Waals surface area contributed by atoms with Crippen LogP contribution < -0.4 is 5.32 Å². The summed E-state index contributed by atoms with van der Waals surface area (Å²) in [6, 6.07) is 4.73. The molecule has 5 nitrogen and oxygen atoms in total. The minimum absolute atomic E-state index is 0.0672. The monoisotopic (exact) mass is 338 g/mol. The van der Waals surface area contributed by atoms with E-state index in [9.17, 15) is 19.1 Å². The highest BCUT2D eigenvalue weighted by molar-refractivity contribution is 6.31. The molecule has 0 saturated heterocycles. The summed E-state index contributed by atoms with van der Waals surface area (Å²) in [6.45, 7) is 1.54. The highest BCUT2D eigenvalue weighted by Crippen LogP contribution is 2.28. The van der Waals surface area contributed by atoms with Gasteiger partial charge in [-0.1, -0.05) is 17.7 Å². The summed E-state index contributed by atoms with van der Waals surface area (Å²) >= 11 is 5.91. The van der Waals surface area contributed by atoms with Crippen molar-refractivity contribution in [2.75, 3.05) is 0 Å². The zero-order chi connectivity index (χ0) is 17.1. The molecule has 0 spiro atoms. The Hall–Kier alpha value is -2.18. The molecule has 23 heavy (non-hydrogen) atoms. The largest absolute Gasteiger partial charge is 0.386 e. The van der Waals surface area contributed by atoms with Gasteiger partial charge < -0.3 is 15.0 Å². The lowest BCUT2D eigenvalue weighted by Crippen LogP contribution is -2.38. The Morgan fingerprint density at radius 3 is 2.74 bits per heavy atom. The van der Waals surface area contributed by atoms with E-state index in [4.69, 9.17) is 11.6 Å². The topological polar surface area (TPSA) is 71.3 Å². The summed E-state index contributed by atoms with van der Waals surface area (Å²) < 4.78 is 15.3. The SMILES string of the molecule is CC(NC(=O)c1cc(C=O)cn1C)C(O)c1c(F)cccc1Cl. The van der Waals surface area contributed by atoms with Crippen LogP contribution in [0.15, 0.2) is 30.5 Å². The van der Waals surface area contributed by atoms with Gasteiger partial charge in [0.05, 0.1) is 6.04 Å². The van der Waals surface area contributed by atoms with Crippen LogP contribution in [0, 0.1) is 5.82 Å². The van der Waals surface area contributed by atoms with Crippen LogP contribution in [0.1, 0.15) is 39.4 Å². The molecule has 2 aromatic rings. The maximum absolute atomic E-state index is 13.8. The van der Waals surface area contributed by atoms with Crippen molar-refractivity contribution in [1.29, 1.82) is 0 Å². The van der Waals surface area contributed by atoms with Crippen molar-refractivity contribution in [3.05, 3.63) is 58.1 Å². The Labute approximate surface area is 137 Å². The van der Waals surface area contributed by atoms with Crippen LogP contribution >= 0.6 is 11.6 Å². The molecular formula is C16H16ClFN2O3. The molecule has 2 rings (SSSR count). The van der Waals surface area contributed by atoms with Gasteiger partial charge in [0.15, 0.2) is 6.29 Å². The second-order valence-electron chi connectivity index (χ2n) is 5.23. The first-order valence-electron chi connectivity index (χ1n) is 6.89. The lowest BCUT2D eigenvalue weighted by atomic mass is 10.0. The lowest BCUT2D eigenvalue weighted by Gasteiger charge is -2.22. The van der Waals surface area contributed by atoms with Gasteiger partial charge in [-0.25, -0.2) is 4.39 Å². The molecule has 0 bridgehead atoms. The Morgan fingerprint density at radius 1 is 1.48 bits per heavy atom. The molecular weight excluding hydrogens is 323 g/mol. The van der Waals surface area contributed by atoms with Gasteiger partial charge in [0.1, 0.15) is 17.6 Å². The van der Waals surface area contributed by atoms with E-state index < -0.39 is 23.9 Å². The van der Waals surface area contributed by atoms with Crippen molar-refractivity contribution >= 4 is 23.8 Å². The van der Waals surface area contributed by atoms with Crippen LogP contribution in [0.4, 0.5) is 4.39 Å². The third kappa shape index (κ3) is 3.60. The average Bonchev–Trinajstić information content (AvgIpc) is 2.88. The molecule has 2 atom stereocenters. The minimum atomic E-state index is -1.31. The van der Waals surface area contributed by atoms with Gasteiger partial charge in [-0.2, -0.15) is 0 Å². The fourth-order valence-corrected chi connectivity index (χ4v) is 2.56. The van der Waals surface area contributed by atoms with E-state index >= 15 is 0 Å². The maximum Gasteiger partial charge on any atom is 0.268 e. The molecule has 0 aliphatic rings. The molecule has 7 heteroatoms. The number of aromatic nitrogens is 1. The number of aryl methyl sites for hydroxylation is 1.